The molecule has 17 heavy (non-hydrogen) atoms. The molecular formula is C10H10N4O2S. The van der Waals surface area contributed by atoms with Crippen LogP contribution in [0.1, 0.15) is 16.1 Å². The second kappa shape index (κ2) is 4.02. The summed E-state index contributed by atoms with van der Waals surface area (Å²) < 4.78 is 0. The molecule has 2 aromatic rings. The van der Waals surface area contributed by atoms with Gasteiger partial charge in [0.05, 0.1) is 5.69 Å². The van der Waals surface area contributed by atoms with Gasteiger partial charge in [-0.1, -0.05) is 0 Å². The first-order valence-corrected chi connectivity index (χ1v) is 5.62. The lowest BCUT2D eigenvalue weighted by Crippen LogP contribution is -2.24. The number of hydrogen-bond donors (Lipinski definition) is 3. The summed E-state index contributed by atoms with van der Waals surface area (Å²) in [5.74, 6) is -0.768. The molecule has 0 aliphatic rings. The molecule has 6 nitrogen and oxygen atoms in total. The van der Waals surface area contributed by atoms with Crippen LogP contribution in [-0.4, -0.2) is 15.9 Å². The number of aryl methyl sites for hydroxylation is 1. The quantitative estimate of drug-likeness (QED) is 0.719. The minimum atomic E-state index is -0.768. The molecule has 2 heterocycles. The zero-order valence-corrected chi connectivity index (χ0v) is 9.80. The van der Waals surface area contributed by atoms with Crippen molar-refractivity contribution >= 4 is 22.4 Å². The van der Waals surface area contributed by atoms with Crippen molar-refractivity contribution < 1.29 is 4.79 Å². The van der Waals surface area contributed by atoms with Crippen molar-refractivity contribution in [3.8, 4) is 11.3 Å². The van der Waals surface area contributed by atoms with Gasteiger partial charge in [0, 0.05) is 16.6 Å². The Bertz CT molecular complexity index is 644. The van der Waals surface area contributed by atoms with Crippen LogP contribution in [0.5, 0.6) is 0 Å². The highest BCUT2D eigenvalue weighted by atomic mass is 32.1. The van der Waals surface area contributed by atoms with Gasteiger partial charge in [0.2, 0.25) is 0 Å². The summed E-state index contributed by atoms with van der Waals surface area (Å²) in [6.07, 6.45) is 0. The first kappa shape index (κ1) is 11.3. The Balaban J connectivity index is 2.66. The van der Waals surface area contributed by atoms with E-state index in [1.807, 2.05) is 0 Å². The van der Waals surface area contributed by atoms with Crippen molar-refractivity contribution in [3.05, 3.63) is 33.1 Å². The molecule has 0 spiro atoms. The molecule has 0 atom stereocenters. The van der Waals surface area contributed by atoms with Gasteiger partial charge in [-0.05, 0) is 13.0 Å². The number of primary amides is 1. The van der Waals surface area contributed by atoms with Crippen LogP contribution in [0.25, 0.3) is 11.3 Å². The number of pyridine rings is 1. The van der Waals surface area contributed by atoms with E-state index in [9.17, 15) is 9.59 Å². The lowest BCUT2D eigenvalue weighted by Gasteiger charge is -2.04. The summed E-state index contributed by atoms with van der Waals surface area (Å²) in [6.45, 7) is 1.72. The van der Waals surface area contributed by atoms with E-state index in [1.54, 1.807) is 12.3 Å². The molecule has 5 N–H and O–H groups in total. The predicted molar refractivity (Wildman–Crippen MR) is 65.8 cm³/mol. The fourth-order valence-corrected chi connectivity index (χ4v) is 2.05. The van der Waals surface area contributed by atoms with Crippen LogP contribution in [0.15, 0.2) is 16.2 Å². The number of aromatic amines is 1. The second-order valence-corrected chi connectivity index (χ2v) is 4.38. The van der Waals surface area contributed by atoms with Gasteiger partial charge in [-0.3, -0.25) is 9.59 Å². The number of amides is 1. The molecule has 0 aliphatic carbocycles. The van der Waals surface area contributed by atoms with Crippen molar-refractivity contribution in [2.24, 2.45) is 5.73 Å². The first-order chi connectivity index (χ1) is 7.99. The number of hydrogen-bond acceptors (Lipinski definition) is 5. The zero-order chi connectivity index (χ0) is 12.6. The lowest BCUT2D eigenvalue weighted by molar-refractivity contribution is 0.0999. The average molecular weight is 250 g/mol. The van der Waals surface area contributed by atoms with Gasteiger partial charge in [0.15, 0.2) is 5.13 Å². The van der Waals surface area contributed by atoms with Crippen LogP contribution < -0.4 is 17.0 Å². The number of rotatable bonds is 2. The normalized spacial score (nSPS) is 10.4. The van der Waals surface area contributed by atoms with E-state index in [0.29, 0.717) is 22.1 Å². The Morgan fingerprint density at radius 2 is 2.24 bits per heavy atom. The second-order valence-electron chi connectivity index (χ2n) is 3.49. The number of anilines is 1. The minimum absolute atomic E-state index is 0.0860. The highest BCUT2D eigenvalue weighted by Crippen LogP contribution is 2.24. The van der Waals surface area contributed by atoms with E-state index in [1.165, 1.54) is 17.4 Å². The van der Waals surface area contributed by atoms with Crippen molar-refractivity contribution in [1.82, 2.24) is 9.97 Å². The summed E-state index contributed by atoms with van der Waals surface area (Å²) in [7, 11) is 0. The Labute approximate surface area is 100 Å². The average Bonchev–Trinajstić information content (AvgIpc) is 2.64. The van der Waals surface area contributed by atoms with Crippen molar-refractivity contribution in [2.45, 2.75) is 6.92 Å². The molecular weight excluding hydrogens is 240 g/mol. The van der Waals surface area contributed by atoms with Gasteiger partial charge >= 0.3 is 0 Å². The van der Waals surface area contributed by atoms with Crippen molar-refractivity contribution in [2.75, 3.05) is 5.73 Å². The van der Waals surface area contributed by atoms with Gasteiger partial charge in [0.25, 0.3) is 11.5 Å². The molecule has 0 saturated carbocycles. The predicted octanol–water partition coefficient (Wildman–Crippen LogP) is 0.488. The van der Waals surface area contributed by atoms with Gasteiger partial charge in [-0.2, -0.15) is 0 Å². The standard InChI is InChI=1S/C10H10N4O2S/c1-4-5(7-3-17-10(12)14-7)2-6(8(11)15)9(16)13-4/h2-3H,1H3,(H2,11,15)(H2,12,14)(H,13,16). The summed E-state index contributed by atoms with van der Waals surface area (Å²) >= 11 is 1.28. The molecule has 88 valence electrons. The third-order valence-electron chi connectivity index (χ3n) is 2.30. The van der Waals surface area contributed by atoms with Gasteiger partial charge in [-0.25, -0.2) is 4.98 Å². The largest absolute Gasteiger partial charge is 0.375 e. The molecule has 1 amide bonds. The topological polar surface area (TPSA) is 115 Å². The number of aromatic nitrogens is 2. The summed E-state index contributed by atoms with van der Waals surface area (Å²) in [6, 6.07) is 1.44. The van der Waals surface area contributed by atoms with Gasteiger partial charge in [-0.15, -0.1) is 11.3 Å². The van der Waals surface area contributed by atoms with Gasteiger partial charge in [0.1, 0.15) is 5.56 Å². The van der Waals surface area contributed by atoms with E-state index in [-0.39, 0.29) is 5.56 Å². The monoisotopic (exact) mass is 250 g/mol. The van der Waals surface area contributed by atoms with Crippen molar-refractivity contribution in [1.29, 1.82) is 0 Å². The molecule has 7 heteroatoms. The molecule has 0 unspecified atom stereocenters. The van der Waals surface area contributed by atoms with E-state index < -0.39 is 11.5 Å². The van der Waals surface area contributed by atoms with E-state index >= 15 is 0 Å². The number of carbonyl (C=O) groups excluding carboxylic acids is 1. The van der Waals surface area contributed by atoms with Crippen LogP contribution in [0.2, 0.25) is 0 Å². The number of nitrogens with one attached hydrogen (secondary N) is 1. The number of H-pyrrole nitrogens is 1. The van der Waals surface area contributed by atoms with Crippen LogP contribution >= 0.6 is 11.3 Å². The maximum absolute atomic E-state index is 11.5. The summed E-state index contributed by atoms with van der Waals surface area (Å²) in [5, 5.41) is 2.17. The molecule has 2 rings (SSSR count). The Morgan fingerprint density at radius 1 is 1.53 bits per heavy atom. The van der Waals surface area contributed by atoms with Gasteiger partial charge < -0.3 is 16.5 Å². The van der Waals surface area contributed by atoms with Crippen molar-refractivity contribution in [3.63, 3.8) is 0 Å². The van der Waals surface area contributed by atoms with E-state index in [4.69, 9.17) is 11.5 Å². The highest BCUT2D eigenvalue weighted by Gasteiger charge is 2.13. The molecule has 0 bridgehead atoms. The highest BCUT2D eigenvalue weighted by molar-refractivity contribution is 7.13. The first-order valence-electron chi connectivity index (χ1n) is 4.74. The third-order valence-corrected chi connectivity index (χ3v) is 2.98. The Hall–Kier alpha value is -2.15. The molecule has 2 aromatic heterocycles. The Morgan fingerprint density at radius 3 is 2.76 bits per heavy atom. The molecule has 0 radical (unpaired) electrons. The van der Waals surface area contributed by atoms with Crippen LogP contribution in [0.3, 0.4) is 0 Å². The molecule has 0 saturated heterocycles. The van der Waals surface area contributed by atoms with E-state index in [0.717, 1.165) is 0 Å². The van der Waals surface area contributed by atoms with E-state index in [2.05, 4.69) is 9.97 Å². The maximum Gasteiger partial charge on any atom is 0.261 e. The number of carbonyl (C=O) groups is 1. The SMILES string of the molecule is Cc1[nH]c(=O)c(C(N)=O)cc1-c1csc(N)n1. The molecule has 0 aliphatic heterocycles. The fourth-order valence-electron chi connectivity index (χ4n) is 1.48. The zero-order valence-electron chi connectivity index (χ0n) is 8.98. The number of nitrogen functional groups attached to an aromatic ring is 1. The van der Waals surface area contributed by atoms with Crippen LogP contribution in [0, 0.1) is 6.92 Å². The number of nitrogens with two attached hydrogens (primary N) is 2. The fraction of sp³-hybridized carbons (Fsp3) is 0.100. The molecule has 0 fully saturated rings. The summed E-state index contributed by atoms with van der Waals surface area (Å²) in [4.78, 5) is 29.2. The maximum atomic E-state index is 11.5. The smallest absolute Gasteiger partial charge is 0.261 e. The number of nitrogens with zero attached hydrogens (tertiary/aromatic N) is 1. The number of thiazole rings is 1. The summed E-state index contributed by atoms with van der Waals surface area (Å²) in [5.41, 5.74) is 11.9. The molecule has 0 aromatic carbocycles. The Kier molecular flexibility index (Phi) is 2.68. The lowest BCUT2D eigenvalue weighted by atomic mass is 10.1. The van der Waals surface area contributed by atoms with Crippen LogP contribution in [0.4, 0.5) is 5.13 Å². The van der Waals surface area contributed by atoms with Crippen LogP contribution in [-0.2, 0) is 0 Å². The third kappa shape index (κ3) is 2.04. The minimum Gasteiger partial charge on any atom is -0.375 e.